The van der Waals surface area contributed by atoms with Crippen molar-refractivity contribution < 1.29 is 27.8 Å². The lowest BCUT2D eigenvalue weighted by atomic mass is 10.1. The van der Waals surface area contributed by atoms with Crippen molar-refractivity contribution in [3.63, 3.8) is 0 Å². The summed E-state index contributed by atoms with van der Waals surface area (Å²) in [5, 5.41) is 11.8. The van der Waals surface area contributed by atoms with E-state index in [1.807, 2.05) is 13.8 Å². The maximum absolute atomic E-state index is 12.0. The third-order valence-corrected chi connectivity index (χ3v) is 2.37. The first-order valence-electron chi connectivity index (χ1n) is 5.42. The average Bonchev–Trinajstić information content (AvgIpc) is 2.14. The van der Waals surface area contributed by atoms with Crippen molar-refractivity contribution in [1.82, 2.24) is 5.32 Å². The quantitative estimate of drug-likeness (QED) is 0.778. The van der Waals surface area contributed by atoms with Crippen LogP contribution in [-0.4, -0.2) is 55.4 Å². The van der Waals surface area contributed by atoms with E-state index in [0.29, 0.717) is 13.1 Å². The molecular formula is C10H18F3NO3. The van der Waals surface area contributed by atoms with E-state index in [0.717, 1.165) is 0 Å². The minimum absolute atomic E-state index is 0.0313. The highest BCUT2D eigenvalue weighted by Gasteiger charge is 2.38. The molecule has 0 spiro atoms. The molecule has 1 rings (SSSR count). The summed E-state index contributed by atoms with van der Waals surface area (Å²) in [5.74, 6) is 0. The molecule has 0 aliphatic carbocycles. The summed E-state index contributed by atoms with van der Waals surface area (Å²) in [7, 11) is 0. The Morgan fingerprint density at radius 1 is 1.53 bits per heavy atom. The van der Waals surface area contributed by atoms with E-state index in [2.05, 4.69) is 5.32 Å². The van der Waals surface area contributed by atoms with Gasteiger partial charge in [0.2, 0.25) is 0 Å². The lowest BCUT2D eigenvalue weighted by molar-refractivity contribution is -0.221. The van der Waals surface area contributed by atoms with E-state index in [-0.39, 0.29) is 18.3 Å². The van der Waals surface area contributed by atoms with Crippen molar-refractivity contribution in [3.05, 3.63) is 0 Å². The number of morpholine rings is 1. The molecule has 2 unspecified atom stereocenters. The van der Waals surface area contributed by atoms with E-state index >= 15 is 0 Å². The maximum Gasteiger partial charge on any atom is 0.416 e. The monoisotopic (exact) mass is 257 g/mol. The van der Waals surface area contributed by atoms with Crippen LogP contribution in [0.1, 0.15) is 13.8 Å². The van der Waals surface area contributed by atoms with Gasteiger partial charge < -0.3 is 19.9 Å². The zero-order valence-electron chi connectivity index (χ0n) is 9.88. The van der Waals surface area contributed by atoms with Crippen LogP contribution in [0.4, 0.5) is 13.2 Å². The SMILES string of the molecule is CC1(C)CNCC(COCC(O)C(F)(F)F)O1. The van der Waals surface area contributed by atoms with Gasteiger partial charge in [-0.25, -0.2) is 0 Å². The van der Waals surface area contributed by atoms with Crippen molar-refractivity contribution in [2.45, 2.75) is 37.8 Å². The fourth-order valence-corrected chi connectivity index (χ4v) is 1.57. The predicted molar refractivity (Wildman–Crippen MR) is 54.7 cm³/mol. The molecule has 4 nitrogen and oxygen atoms in total. The Kier molecular flexibility index (Phi) is 4.77. The molecule has 0 amide bonds. The zero-order valence-corrected chi connectivity index (χ0v) is 9.88. The number of nitrogens with one attached hydrogen (secondary N) is 1. The van der Waals surface area contributed by atoms with Crippen LogP contribution in [0.2, 0.25) is 0 Å². The molecule has 0 aromatic heterocycles. The molecule has 0 radical (unpaired) electrons. The molecule has 102 valence electrons. The summed E-state index contributed by atoms with van der Waals surface area (Å²) in [6.07, 6.45) is -7.36. The average molecular weight is 257 g/mol. The second-order valence-electron chi connectivity index (χ2n) is 4.73. The predicted octanol–water partition coefficient (Wildman–Crippen LogP) is 0.693. The van der Waals surface area contributed by atoms with Crippen molar-refractivity contribution in [3.8, 4) is 0 Å². The molecule has 1 aliphatic rings. The Hall–Kier alpha value is -0.370. The molecule has 2 atom stereocenters. The number of hydrogen-bond acceptors (Lipinski definition) is 4. The lowest BCUT2D eigenvalue weighted by Crippen LogP contribution is -2.52. The van der Waals surface area contributed by atoms with Crippen LogP contribution in [0, 0.1) is 0 Å². The van der Waals surface area contributed by atoms with E-state index in [1.165, 1.54) is 0 Å². The van der Waals surface area contributed by atoms with Crippen LogP contribution < -0.4 is 5.32 Å². The van der Waals surface area contributed by atoms with E-state index < -0.39 is 18.9 Å². The first kappa shape index (κ1) is 14.7. The number of aliphatic hydroxyl groups is 1. The second kappa shape index (κ2) is 5.51. The van der Waals surface area contributed by atoms with Crippen molar-refractivity contribution in [2.24, 2.45) is 0 Å². The molecule has 0 bridgehead atoms. The summed E-state index contributed by atoms with van der Waals surface area (Å²) in [6.45, 7) is 4.26. The van der Waals surface area contributed by atoms with Gasteiger partial charge in [0.05, 0.1) is 24.9 Å². The maximum atomic E-state index is 12.0. The molecule has 0 aromatic carbocycles. The van der Waals surface area contributed by atoms with Crippen LogP contribution in [0.3, 0.4) is 0 Å². The molecule has 1 aliphatic heterocycles. The van der Waals surface area contributed by atoms with Crippen LogP contribution in [-0.2, 0) is 9.47 Å². The zero-order chi connectivity index (χ0) is 13.1. The summed E-state index contributed by atoms with van der Waals surface area (Å²) < 4.78 is 46.3. The fourth-order valence-electron chi connectivity index (χ4n) is 1.57. The summed E-state index contributed by atoms with van der Waals surface area (Å²) in [5.41, 5.74) is -0.352. The second-order valence-corrected chi connectivity index (χ2v) is 4.73. The number of rotatable bonds is 4. The van der Waals surface area contributed by atoms with Gasteiger partial charge in [-0.15, -0.1) is 0 Å². The number of aliphatic hydroxyl groups excluding tert-OH is 1. The van der Waals surface area contributed by atoms with Crippen molar-refractivity contribution in [1.29, 1.82) is 0 Å². The molecule has 1 heterocycles. The van der Waals surface area contributed by atoms with Crippen LogP contribution in [0.15, 0.2) is 0 Å². The molecule has 0 aromatic rings. The highest BCUT2D eigenvalue weighted by molar-refractivity contribution is 4.81. The van der Waals surface area contributed by atoms with Crippen molar-refractivity contribution in [2.75, 3.05) is 26.3 Å². The van der Waals surface area contributed by atoms with E-state index in [1.54, 1.807) is 0 Å². The summed E-state index contributed by atoms with van der Waals surface area (Å²) in [6, 6.07) is 0. The molecule has 1 saturated heterocycles. The van der Waals surface area contributed by atoms with Crippen LogP contribution in [0.5, 0.6) is 0 Å². The summed E-state index contributed by atoms with van der Waals surface area (Å²) in [4.78, 5) is 0. The summed E-state index contributed by atoms with van der Waals surface area (Å²) >= 11 is 0. The topological polar surface area (TPSA) is 50.7 Å². The van der Waals surface area contributed by atoms with Crippen LogP contribution >= 0.6 is 0 Å². The van der Waals surface area contributed by atoms with Crippen LogP contribution in [0.25, 0.3) is 0 Å². The Bertz CT molecular complexity index is 245. The highest BCUT2D eigenvalue weighted by Crippen LogP contribution is 2.20. The Morgan fingerprint density at radius 2 is 2.18 bits per heavy atom. The van der Waals surface area contributed by atoms with Gasteiger partial charge in [0.1, 0.15) is 0 Å². The van der Waals surface area contributed by atoms with Gasteiger partial charge >= 0.3 is 6.18 Å². The first-order chi connectivity index (χ1) is 7.71. The number of hydrogen-bond donors (Lipinski definition) is 2. The van der Waals surface area contributed by atoms with Gasteiger partial charge in [-0.2, -0.15) is 13.2 Å². The Balaban J connectivity index is 2.23. The van der Waals surface area contributed by atoms with Gasteiger partial charge in [-0.1, -0.05) is 0 Å². The third kappa shape index (κ3) is 5.20. The first-order valence-corrected chi connectivity index (χ1v) is 5.42. The van der Waals surface area contributed by atoms with E-state index in [4.69, 9.17) is 14.6 Å². The minimum Gasteiger partial charge on any atom is -0.382 e. The molecule has 0 saturated carbocycles. The van der Waals surface area contributed by atoms with E-state index in [9.17, 15) is 13.2 Å². The van der Waals surface area contributed by atoms with Gasteiger partial charge in [0.25, 0.3) is 0 Å². The molecule has 2 N–H and O–H groups in total. The fraction of sp³-hybridized carbons (Fsp3) is 1.00. The normalized spacial score (nSPS) is 26.8. The lowest BCUT2D eigenvalue weighted by Gasteiger charge is -2.36. The molecular weight excluding hydrogens is 239 g/mol. The third-order valence-electron chi connectivity index (χ3n) is 2.37. The minimum atomic E-state index is -4.63. The van der Waals surface area contributed by atoms with Gasteiger partial charge in [-0.3, -0.25) is 0 Å². The number of halogens is 3. The van der Waals surface area contributed by atoms with Gasteiger partial charge in [0.15, 0.2) is 6.10 Å². The largest absolute Gasteiger partial charge is 0.416 e. The Morgan fingerprint density at radius 3 is 2.71 bits per heavy atom. The van der Waals surface area contributed by atoms with Crippen molar-refractivity contribution >= 4 is 0 Å². The highest BCUT2D eigenvalue weighted by atomic mass is 19.4. The standard InChI is InChI=1S/C10H18F3NO3/c1-9(2)6-14-3-7(17-9)4-16-5-8(15)10(11,12)13/h7-8,14-15H,3-6H2,1-2H3. The van der Waals surface area contributed by atoms with Gasteiger partial charge in [0, 0.05) is 13.1 Å². The number of ether oxygens (including phenoxy) is 2. The smallest absolute Gasteiger partial charge is 0.382 e. The molecule has 1 fully saturated rings. The number of alkyl halides is 3. The van der Waals surface area contributed by atoms with Gasteiger partial charge in [-0.05, 0) is 13.8 Å². The molecule has 17 heavy (non-hydrogen) atoms. The molecule has 7 heteroatoms. The Labute approximate surface area is 98.1 Å².